The Morgan fingerprint density at radius 2 is 1.84 bits per heavy atom. The largest absolute Gasteiger partial charge is 0.399 e. The lowest BCUT2D eigenvalue weighted by Crippen LogP contribution is -2.53. The quantitative estimate of drug-likeness (QED) is 0.550. The predicted octanol–water partition coefficient (Wildman–Crippen LogP) is -0.0111. The van der Waals surface area contributed by atoms with Gasteiger partial charge in [-0.25, -0.2) is 13.1 Å². The Kier molecular flexibility index (Phi) is 4.92. The van der Waals surface area contributed by atoms with Crippen molar-refractivity contribution in [2.45, 2.75) is 30.7 Å². The number of nitrogen functional groups attached to an aromatic ring is 1. The summed E-state index contributed by atoms with van der Waals surface area (Å²) in [7, 11) is -3.85. The first-order chi connectivity index (χ1) is 8.78. The van der Waals surface area contributed by atoms with Crippen LogP contribution in [0.2, 0.25) is 0 Å². The lowest BCUT2D eigenvalue weighted by Gasteiger charge is -2.29. The maximum atomic E-state index is 12.2. The Balaban J connectivity index is 3.17. The number of sulfonamides is 1. The fourth-order valence-corrected chi connectivity index (χ4v) is 3.28. The molecule has 0 aliphatic carbocycles. The first kappa shape index (κ1) is 15.9. The third-order valence-corrected chi connectivity index (χ3v) is 4.57. The van der Waals surface area contributed by atoms with Gasteiger partial charge in [0.25, 0.3) is 0 Å². The Morgan fingerprint density at radius 3 is 2.26 bits per heavy atom. The predicted molar refractivity (Wildman–Crippen MR) is 73.1 cm³/mol. The highest BCUT2D eigenvalue weighted by Crippen LogP contribution is 2.19. The highest BCUT2D eigenvalue weighted by Gasteiger charge is 2.32. The number of benzene rings is 1. The van der Waals surface area contributed by atoms with Crippen LogP contribution in [-0.4, -0.2) is 37.4 Å². The fourth-order valence-electron chi connectivity index (χ4n) is 1.69. The molecule has 6 nitrogen and oxygen atoms in total. The van der Waals surface area contributed by atoms with Gasteiger partial charge in [0, 0.05) is 5.69 Å². The molecule has 0 spiro atoms. The molecular weight excluding hydrogens is 268 g/mol. The second-order valence-corrected chi connectivity index (χ2v) is 6.32. The average molecular weight is 288 g/mol. The Labute approximate surface area is 113 Å². The highest BCUT2D eigenvalue weighted by molar-refractivity contribution is 7.89. The normalized spacial score (nSPS) is 12.6. The minimum Gasteiger partial charge on any atom is -0.399 e. The van der Waals surface area contributed by atoms with E-state index in [1.807, 2.05) is 0 Å². The fraction of sp³-hybridized carbons (Fsp3) is 0.500. The number of nitrogens with one attached hydrogen (secondary N) is 1. The van der Waals surface area contributed by atoms with E-state index in [2.05, 4.69) is 4.72 Å². The maximum absolute atomic E-state index is 12.2. The summed E-state index contributed by atoms with van der Waals surface area (Å²) in [4.78, 5) is 0.0183. The van der Waals surface area contributed by atoms with E-state index in [4.69, 9.17) is 5.73 Å². The van der Waals surface area contributed by atoms with E-state index in [0.29, 0.717) is 5.69 Å². The topological polar surface area (TPSA) is 113 Å². The summed E-state index contributed by atoms with van der Waals surface area (Å²) in [6.07, 6.45) is 0.264. The van der Waals surface area contributed by atoms with Gasteiger partial charge in [-0.3, -0.25) is 0 Å². The molecule has 0 aliphatic rings. The number of aryl methyl sites for hydroxylation is 1. The number of aliphatic hydroxyl groups excluding tert-OH is 2. The van der Waals surface area contributed by atoms with E-state index < -0.39 is 28.8 Å². The Morgan fingerprint density at radius 1 is 1.26 bits per heavy atom. The lowest BCUT2D eigenvalue weighted by molar-refractivity contribution is 0.105. The number of nitrogens with two attached hydrogens (primary N) is 1. The number of aliphatic hydroxyl groups is 2. The molecular formula is C12H20N2O4S. The molecule has 7 heteroatoms. The molecule has 1 aromatic rings. The van der Waals surface area contributed by atoms with Gasteiger partial charge in [0.05, 0.1) is 23.6 Å². The van der Waals surface area contributed by atoms with Crippen LogP contribution < -0.4 is 10.5 Å². The highest BCUT2D eigenvalue weighted by atomic mass is 32.2. The zero-order valence-corrected chi connectivity index (χ0v) is 11.9. The van der Waals surface area contributed by atoms with Crippen molar-refractivity contribution in [1.82, 2.24) is 4.72 Å². The second kappa shape index (κ2) is 5.87. The van der Waals surface area contributed by atoms with Crippen LogP contribution in [-0.2, 0) is 10.0 Å². The molecule has 0 unspecified atom stereocenters. The molecule has 1 rings (SSSR count). The second-order valence-electron chi connectivity index (χ2n) is 4.64. The van der Waals surface area contributed by atoms with Gasteiger partial charge in [0.15, 0.2) is 0 Å². The molecule has 0 radical (unpaired) electrons. The minimum absolute atomic E-state index is 0.0183. The smallest absolute Gasteiger partial charge is 0.241 e. The van der Waals surface area contributed by atoms with Crippen molar-refractivity contribution >= 4 is 15.7 Å². The molecule has 0 bridgehead atoms. The maximum Gasteiger partial charge on any atom is 0.241 e. The van der Waals surface area contributed by atoms with E-state index in [1.54, 1.807) is 19.9 Å². The van der Waals surface area contributed by atoms with Crippen molar-refractivity contribution in [2.24, 2.45) is 0 Å². The van der Waals surface area contributed by atoms with Crippen molar-refractivity contribution in [3.05, 3.63) is 23.8 Å². The lowest BCUT2D eigenvalue weighted by atomic mass is 10.0. The molecule has 0 atom stereocenters. The molecule has 5 N–H and O–H groups in total. The van der Waals surface area contributed by atoms with Gasteiger partial charge in [-0.15, -0.1) is 0 Å². The summed E-state index contributed by atoms with van der Waals surface area (Å²) in [5.74, 6) is 0. The molecule has 108 valence electrons. The standard InChI is InChI=1S/C12H20N2O4S/c1-3-12(7-15,8-16)14-19(17,18)11-5-9(2)4-10(13)6-11/h4-6,14-16H,3,7-8,13H2,1-2H3. The molecule has 0 saturated heterocycles. The first-order valence-electron chi connectivity index (χ1n) is 5.91. The summed E-state index contributed by atoms with van der Waals surface area (Å²) in [5.41, 5.74) is 5.42. The average Bonchev–Trinajstić information content (AvgIpc) is 2.35. The third kappa shape index (κ3) is 3.66. The molecule has 19 heavy (non-hydrogen) atoms. The van der Waals surface area contributed by atoms with Crippen LogP contribution in [0.15, 0.2) is 23.1 Å². The van der Waals surface area contributed by atoms with Gasteiger partial charge < -0.3 is 15.9 Å². The SMILES string of the molecule is CCC(CO)(CO)NS(=O)(=O)c1cc(C)cc(N)c1. The molecule has 0 amide bonds. The molecule has 1 aromatic carbocycles. The van der Waals surface area contributed by atoms with Gasteiger partial charge in [-0.05, 0) is 37.1 Å². The number of hydrogen-bond acceptors (Lipinski definition) is 5. The summed E-state index contributed by atoms with van der Waals surface area (Å²) in [6, 6.07) is 4.47. The van der Waals surface area contributed by atoms with Gasteiger partial charge in [0.1, 0.15) is 0 Å². The van der Waals surface area contributed by atoms with Crippen LogP contribution >= 0.6 is 0 Å². The monoisotopic (exact) mass is 288 g/mol. The van der Waals surface area contributed by atoms with Crippen LogP contribution in [0, 0.1) is 6.92 Å². The van der Waals surface area contributed by atoms with Crippen LogP contribution in [0.25, 0.3) is 0 Å². The van der Waals surface area contributed by atoms with Gasteiger partial charge in [0.2, 0.25) is 10.0 Å². The van der Waals surface area contributed by atoms with E-state index >= 15 is 0 Å². The molecule has 0 aromatic heterocycles. The zero-order valence-electron chi connectivity index (χ0n) is 11.0. The number of rotatable bonds is 6. The van der Waals surface area contributed by atoms with Crippen LogP contribution in [0.1, 0.15) is 18.9 Å². The summed E-state index contributed by atoms with van der Waals surface area (Å²) < 4.78 is 26.8. The van der Waals surface area contributed by atoms with Crippen LogP contribution in [0.3, 0.4) is 0 Å². The van der Waals surface area contributed by atoms with E-state index in [0.717, 1.165) is 5.56 Å². The third-order valence-electron chi connectivity index (χ3n) is 3.02. The summed E-state index contributed by atoms with van der Waals surface area (Å²) in [5, 5.41) is 18.6. The number of anilines is 1. The summed E-state index contributed by atoms with van der Waals surface area (Å²) in [6.45, 7) is 2.45. The van der Waals surface area contributed by atoms with Crippen molar-refractivity contribution in [3.63, 3.8) is 0 Å². The van der Waals surface area contributed by atoms with Crippen LogP contribution in [0.4, 0.5) is 5.69 Å². The minimum atomic E-state index is -3.85. The van der Waals surface area contributed by atoms with Crippen molar-refractivity contribution in [3.8, 4) is 0 Å². The van der Waals surface area contributed by atoms with Gasteiger partial charge in [-0.2, -0.15) is 0 Å². The number of hydrogen-bond donors (Lipinski definition) is 4. The van der Waals surface area contributed by atoms with Crippen LogP contribution in [0.5, 0.6) is 0 Å². The molecule has 0 heterocycles. The van der Waals surface area contributed by atoms with Crippen molar-refractivity contribution in [1.29, 1.82) is 0 Å². The van der Waals surface area contributed by atoms with E-state index in [9.17, 15) is 18.6 Å². The van der Waals surface area contributed by atoms with Gasteiger partial charge >= 0.3 is 0 Å². The summed E-state index contributed by atoms with van der Waals surface area (Å²) >= 11 is 0. The molecule has 0 saturated carbocycles. The zero-order chi connectivity index (χ0) is 14.7. The van der Waals surface area contributed by atoms with Gasteiger partial charge in [-0.1, -0.05) is 6.92 Å². The van der Waals surface area contributed by atoms with E-state index in [1.165, 1.54) is 12.1 Å². The molecule has 0 aliphatic heterocycles. The van der Waals surface area contributed by atoms with Crippen molar-refractivity contribution in [2.75, 3.05) is 18.9 Å². The van der Waals surface area contributed by atoms with Crippen molar-refractivity contribution < 1.29 is 18.6 Å². The van der Waals surface area contributed by atoms with E-state index in [-0.39, 0.29) is 11.3 Å². The Hall–Kier alpha value is -1.15. The molecule has 0 fully saturated rings. The first-order valence-corrected chi connectivity index (χ1v) is 7.40. The Bertz CT molecular complexity index is 510.